The molecule has 3 nitrogen and oxygen atoms in total. The molecule has 2 aliphatic heterocycles. The van der Waals surface area contributed by atoms with Gasteiger partial charge in [0.05, 0.1) is 16.2 Å². The van der Waals surface area contributed by atoms with Crippen LogP contribution >= 0.6 is 11.8 Å². The number of likely N-dealkylation sites (tertiary alicyclic amines) is 1. The Hall–Kier alpha value is -1.94. The zero-order valence-corrected chi connectivity index (χ0v) is 14.4. The van der Waals surface area contributed by atoms with E-state index in [0.717, 1.165) is 32.8 Å². The summed E-state index contributed by atoms with van der Waals surface area (Å²) in [5, 5.41) is 0. The third-order valence-corrected chi connectivity index (χ3v) is 6.42. The summed E-state index contributed by atoms with van der Waals surface area (Å²) in [5.41, 5.74) is 1.04. The van der Waals surface area contributed by atoms with E-state index < -0.39 is 0 Å². The van der Waals surface area contributed by atoms with Crippen molar-refractivity contribution in [1.29, 1.82) is 0 Å². The van der Waals surface area contributed by atoms with Gasteiger partial charge in [-0.1, -0.05) is 30.0 Å². The van der Waals surface area contributed by atoms with E-state index in [9.17, 15) is 4.79 Å². The van der Waals surface area contributed by atoms with E-state index in [1.807, 2.05) is 24.3 Å². The van der Waals surface area contributed by atoms with Crippen molar-refractivity contribution >= 4 is 17.7 Å². The van der Waals surface area contributed by atoms with Crippen molar-refractivity contribution in [2.24, 2.45) is 5.92 Å². The van der Waals surface area contributed by atoms with E-state index >= 15 is 0 Å². The number of amides is 1. The molecular weight excluding hydrogens is 318 g/mol. The van der Waals surface area contributed by atoms with Gasteiger partial charge in [-0.15, -0.1) is 0 Å². The summed E-state index contributed by atoms with van der Waals surface area (Å²) >= 11 is 1.72. The largest absolute Gasteiger partial charge is 0.455 e. The van der Waals surface area contributed by atoms with Gasteiger partial charge in [-0.3, -0.25) is 4.79 Å². The maximum absolute atomic E-state index is 12.7. The van der Waals surface area contributed by atoms with Crippen molar-refractivity contribution in [3.8, 4) is 11.5 Å². The molecule has 2 heterocycles. The van der Waals surface area contributed by atoms with Crippen LogP contribution in [0.2, 0.25) is 0 Å². The lowest BCUT2D eigenvalue weighted by Crippen LogP contribution is -2.37. The molecular formula is C20H19NO2S. The van der Waals surface area contributed by atoms with E-state index in [-0.39, 0.29) is 5.91 Å². The second kappa shape index (κ2) is 5.28. The number of para-hydroxylation sites is 1. The average Bonchev–Trinajstić information content (AvgIpc) is 3.23. The Morgan fingerprint density at radius 2 is 2.00 bits per heavy atom. The van der Waals surface area contributed by atoms with Crippen molar-refractivity contribution in [2.75, 3.05) is 0 Å². The van der Waals surface area contributed by atoms with Crippen LogP contribution in [0.4, 0.5) is 0 Å². The van der Waals surface area contributed by atoms with Gasteiger partial charge in [0.15, 0.2) is 0 Å². The van der Waals surface area contributed by atoms with Crippen LogP contribution in [0.3, 0.4) is 0 Å². The van der Waals surface area contributed by atoms with Crippen LogP contribution in [0.5, 0.6) is 11.5 Å². The molecule has 5 rings (SSSR count). The summed E-state index contributed by atoms with van der Waals surface area (Å²) in [7, 11) is 0. The normalized spacial score (nSPS) is 26.2. The van der Waals surface area contributed by atoms with Crippen LogP contribution in [-0.2, 0) is 11.2 Å². The summed E-state index contributed by atoms with van der Waals surface area (Å²) < 4.78 is 6.03. The Bertz CT molecular complexity index is 832. The molecule has 0 spiro atoms. The highest BCUT2D eigenvalue weighted by Crippen LogP contribution is 2.49. The monoisotopic (exact) mass is 337 g/mol. The molecule has 1 saturated heterocycles. The molecule has 24 heavy (non-hydrogen) atoms. The fourth-order valence-corrected chi connectivity index (χ4v) is 5.01. The Morgan fingerprint density at radius 3 is 2.83 bits per heavy atom. The quantitative estimate of drug-likeness (QED) is 0.690. The molecule has 1 aliphatic carbocycles. The van der Waals surface area contributed by atoms with E-state index in [2.05, 4.69) is 30.0 Å². The topological polar surface area (TPSA) is 29.5 Å². The molecule has 0 radical (unpaired) electrons. The molecule has 3 atom stereocenters. The van der Waals surface area contributed by atoms with E-state index in [4.69, 9.17) is 4.74 Å². The van der Waals surface area contributed by atoms with E-state index in [0.29, 0.717) is 18.5 Å². The number of benzene rings is 2. The Kier molecular flexibility index (Phi) is 3.17. The summed E-state index contributed by atoms with van der Waals surface area (Å²) in [6.07, 6.45) is 2.85. The summed E-state index contributed by atoms with van der Waals surface area (Å²) in [6, 6.07) is 15.2. The number of rotatable bonds is 2. The van der Waals surface area contributed by atoms with Gasteiger partial charge in [-0.25, -0.2) is 0 Å². The second-order valence-corrected chi connectivity index (χ2v) is 8.14. The first-order valence-electron chi connectivity index (χ1n) is 8.58. The van der Waals surface area contributed by atoms with Crippen molar-refractivity contribution in [3.05, 3.63) is 48.0 Å². The van der Waals surface area contributed by atoms with Gasteiger partial charge >= 0.3 is 0 Å². The number of piperidine rings is 1. The molecule has 2 aromatic carbocycles. The van der Waals surface area contributed by atoms with Crippen LogP contribution < -0.4 is 4.74 Å². The second-order valence-electron chi connectivity index (χ2n) is 7.06. The van der Waals surface area contributed by atoms with Crippen LogP contribution in [0.25, 0.3) is 0 Å². The van der Waals surface area contributed by atoms with Gasteiger partial charge in [0.1, 0.15) is 11.5 Å². The van der Waals surface area contributed by atoms with Crippen LogP contribution in [-0.4, -0.2) is 22.9 Å². The van der Waals surface area contributed by atoms with Crippen molar-refractivity contribution in [1.82, 2.24) is 4.90 Å². The van der Waals surface area contributed by atoms with Crippen molar-refractivity contribution in [3.63, 3.8) is 0 Å². The number of hydrogen-bond acceptors (Lipinski definition) is 3. The Labute approximate surface area is 146 Å². The number of nitrogens with zero attached hydrogens (tertiary/aromatic N) is 1. The lowest BCUT2D eigenvalue weighted by molar-refractivity contribution is -0.132. The summed E-state index contributed by atoms with van der Waals surface area (Å²) in [4.78, 5) is 17.1. The number of fused-ring (bicyclic) bond motifs is 3. The standard InChI is InChI=1S/C20H19NO2S/c1-12-8-14-11-15(14)21(12)20(22)10-13-6-7-19-17(9-13)23-16-4-2-3-5-18(16)24-19/h2-7,9,12,14-15H,8,10-11H2,1H3. The van der Waals surface area contributed by atoms with Gasteiger partial charge in [0.25, 0.3) is 0 Å². The fourth-order valence-electron chi connectivity index (χ4n) is 4.08. The van der Waals surface area contributed by atoms with E-state index in [1.165, 1.54) is 12.8 Å². The Morgan fingerprint density at radius 1 is 1.17 bits per heavy atom. The van der Waals surface area contributed by atoms with Gasteiger partial charge in [-0.05, 0) is 55.5 Å². The van der Waals surface area contributed by atoms with Crippen molar-refractivity contribution < 1.29 is 9.53 Å². The molecule has 1 saturated carbocycles. The van der Waals surface area contributed by atoms with Gasteiger partial charge in [-0.2, -0.15) is 0 Å². The molecule has 3 unspecified atom stereocenters. The molecule has 0 bridgehead atoms. The third-order valence-electron chi connectivity index (χ3n) is 5.30. The first-order valence-corrected chi connectivity index (χ1v) is 9.39. The maximum atomic E-state index is 12.7. The molecule has 2 aromatic rings. The molecule has 122 valence electrons. The zero-order chi connectivity index (χ0) is 16.3. The average molecular weight is 337 g/mol. The molecule has 1 amide bonds. The number of ether oxygens (including phenoxy) is 1. The van der Waals surface area contributed by atoms with Crippen LogP contribution in [0.1, 0.15) is 25.3 Å². The molecule has 0 aromatic heterocycles. The van der Waals surface area contributed by atoms with Gasteiger partial charge < -0.3 is 9.64 Å². The lowest BCUT2D eigenvalue weighted by Gasteiger charge is -2.25. The van der Waals surface area contributed by atoms with Crippen molar-refractivity contribution in [2.45, 2.75) is 48.1 Å². The van der Waals surface area contributed by atoms with Gasteiger partial charge in [0.2, 0.25) is 5.91 Å². The Balaban J connectivity index is 1.36. The minimum atomic E-state index is 0.260. The van der Waals surface area contributed by atoms with E-state index in [1.54, 1.807) is 11.8 Å². The number of carbonyl (C=O) groups is 1. The number of hydrogen-bond donors (Lipinski definition) is 0. The maximum Gasteiger partial charge on any atom is 0.227 e. The highest BCUT2D eigenvalue weighted by molar-refractivity contribution is 7.99. The molecule has 0 N–H and O–H groups in total. The lowest BCUT2D eigenvalue weighted by atomic mass is 10.1. The minimum absolute atomic E-state index is 0.260. The van der Waals surface area contributed by atoms with Crippen LogP contribution in [0, 0.1) is 5.92 Å². The molecule has 4 heteroatoms. The first-order chi connectivity index (χ1) is 11.7. The smallest absolute Gasteiger partial charge is 0.227 e. The highest BCUT2D eigenvalue weighted by atomic mass is 32.2. The number of carbonyl (C=O) groups excluding carboxylic acids is 1. The summed E-state index contributed by atoms with van der Waals surface area (Å²) in [6.45, 7) is 2.17. The first kappa shape index (κ1) is 14.4. The predicted molar refractivity (Wildman–Crippen MR) is 93.6 cm³/mol. The predicted octanol–water partition coefficient (Wildman–Crippen LogP) is 4.50. The zero-order valence-electron chi connectivity index (χ0n) is 13.6. The summed E-state index contributed by atoms with van der Waals surface area (Å²) in [5.74, 6) is 2.79. The molecule has 3 aliphatic rings. The molecule has 2 fully saturated rings. The highest BCUT2D eigenvalue weighted by Gasteiger charge is 2.52. The SMILES string of the molecule is CC1CC2CC2N1C(=O)Cc1ccc2c(c1)Oc1ccccc1S2. The third kappa shape index (κ3) is 2.32. The van der Waals surface area contributed by atoms with Gasteiger partial charge in [0, 0.05) is 12.1 Å². The fraction of sp³-hybridized carbons (Fsp3) is 0.350. The minimum Gasteiger partial charge on any atom is -0.455 e. The van der Waals surface area contributed by atoms with Crippen LogP contribution in [0.15, 0.2) is 52.3 Å².